The average molecular weight is 285 g/mol. The van der Waals surface area contributed by atoms with E-state index in [4.69, 9.17) is 0 Å². The number of phenolic OH excluding ortho intramolecular Hbond substituents is 1. The number of carbonyl (C=O) groups excluding carboxylic acids is 1. The molecule has 0 saturated carbocycles. The Morgan fingerprint density at radius 3 is 2.57 bits per heavy atom. The van der Waals surface area contributed by atoms with Gasteiger partial charge in [-0.1, -0.05) is 18.2 Å². The van der Waals surface area contributed by atoms with Crippen molar-refractivity contribution in [2.75, 3.05) is 0 Å². The van der Waals surface area contributed by atoms with E-state index in [0.29, 0.717) is 11.1 Å². The highest BCUT2D eigenvalue weighted by Gasteiger charge is 2.12. The molecule has 0 unspecified atom stereocenters. The summed E-state index contributed by atoms with van der Waals surface area (Å²) in [5, 5.41) is 23.7. The van der Waals surface area contributed by atoms with Crippen LogP contribution >= 0.6 is 0 Å². The number of hydrogen-bond donors (Lipinski definition) is 2. The molecular weight excluding hydrogens is 274 g/mol. The van der Waals surface area contributed by atoms with Gasteiger partial charge >= 0.3 is 5.69 Å². The summed E-state index contributed by atoms with van der Waals surface area (Å²) < 4.78 is 0. The van der Waals surface area contributed by atoms with Gasteiger partial charge < -0.3 is 5.11 Å². The summed E-state index contributed by atoms with van der Waals surface area (Å²) >= 11 is 0. The molecule has 0 aliphatic heterocycles. The SMILES string of the molecule is O=C(N/N=C\c1ccc([N+](=O)[O-])c(O)c1)c1ccccc1. The highest BCUT2D eigenvalue weighted by molar-refractivity contribution is 5.94. The highest BCUT2D eigenvalue weighted by Crippen LogP contribution is 2.25. The third kappa shape index (κ3) is 3.63. The molecular formula is C14H11N3O4. The maximum absolute atomic E-state index is 11.7. The monoisotopic (exact) mass is 285 g/mol. The van der Waals surface area contributed by atoms with E-state index < -0.39 is 10.7 Å². The maximum Gasteiger partial charge on any atom is 0.310 e. The fourth-order valence-corrected chi connectivity index (χ4v) is 1.59. The van der Waals surface area contributed by atoms with E-state index in [0.717, 1.165) is 6.07 Å². The van der Waals surface area contributed by atoms with E-state index >= 15 is 0 Å². The molecule has 2 rings (SSSR count). The lowest BCUT2D eigenvalue weighted by Gasteiger charge is -1.99. The zero-order valence-electron chi connectivity index (χ0n) is 10.8. The van der Waals surface area contributed by atoms with E-state index in [1.165, 1.54) is 18.3 Å². The van der Waals surface area contributed by atoms with Gasteiger partial charge in [0.1, 0.15) is 0 Å². The number of hydrazone groups is 1. The largest absolute Gasteiger partial charge is 0.502 e. The second kappa shape index (κ2) is 6.29. The van der Waals surface area contributed by atoms with Crippen LogP contribution in [0.1, 0.15) is 15.9 Å². The van der Waals surface area contributed by atoms with Crippen molar-refractivity contribution >= 4 is 17.8 Å². The van der Waals surface area contributed by atoms with Crippen LogP contribution in [0.25, 0.3) is 0 Å². The Morgan fingerprint density at radius 2 is 1.95 bits per heavy atom. The van der Waals surface area contributed by atoms with E-state index in [-0.39, 0.29) is 11.6 Å². The molecule has 106 valence electrons. The van der Waals surface area contributed by atoms with Crippen molar-refractivity contribution in [3.05, 3.63) is 69.8 Å². The minimum Gasteiger partial charge on any atom is -0.502 e. The molecule has 0 aromatic heterocycles. The minimum atomic E-state index is -0.687. The number of nitro groups is 1. The molecule has 2 N–H and O–H groups in total. The van der Waals surface area contributed by atoms with Gasteiger partial charge in [0.2, 0.25) is 0 Å². The first-order chi connectivity index (χ1) is 10.1. The van der Waals surface area contributed by atoms with Crippen molar-refractivity contribution in [2.45, 2.75) is 0 Å². The third-order valence-corrected chi connectivity index (χ3v) is 2.61. The molecule has 0 aliphatic carbocycles. The zero-order valence-corrected chi connectivity index (χ0v) is 10.8. The Bertz CT molecular complexity index is 699. The summed E-state index contributed by atoms with van der Waals surface area (Å²) in [6.07, 6.45) is 1.28. The molecule has 0 bridgehead atoms. The Kier molecular flexibility index (Phi) is 4.25. The van der Waals surface area contributed by atoms with E-state index in [1.54, 1.807) is 30.3 Å². The van der Waals surface area contributed by atoms with Crippen LogP contribution in [0.3, 0.4) is 0 Å². The van der Waals surface area contributed by atoms with Crippen molar-refractivity contribution < 1.29 is 14.8 Å². The molecule has 0 atom stereocenters. The van der Waals surface area contributed by atoms with Gasteiger partial charge in [-0.05, 0) is 29.8 Å². The Hall–Kier alpha value is -3.22. The van der Waals surface area contributed by atoms with Crippen LogP contribution in [0.15, 0.2) is 53.6 Å². The molecule has 0 saturated heterocycles. The quantitative estimate of drug-likeness (QED) is 0.509. The Morgan fingerprint density at radius 1 is 1.24 bits per heavy atom. The zero-order chi connectivity index (χ0) is 15.2. The first-order valence-corrected chi connectivity index (χ1v) is 5.94. The first kappa shape index (κ1) is 14.2. The van der Waals surface area contributed by atoms with Gasteiger partial charge in [-0.15, -0.1) is 0 Å². The summed E-state index contributed by atoms with van der Waals surface area (Å²) in [4.78, 5) is 21.5. The molecule has 0 fully saturated rings. The third-order valence-electron chi connectivity index (χ3n) is 2.61. The van der Waals surface area contributed by atoms with Gasteiger partial charge in [0.25, 0.3) is 5.91 Å². The number of aromatic hydroxyl groups is 1. The molecule has 0 spiro atoms. The predicted octanol–water partition coefficient (Wildman–Crippen LogP) is 2.06. The van der Waals surface area contributed by atoms with Crippen LogP contribution in [0.2, 0.25) is 0 Å². The van der Waals surface area contributed by atoms with E-state index in [9.17, 15) is 20.0 Å². The van der Waals surface area contributed by atoms with Crippen molar-refractivity contribution in [3.8, 4) is 5.75 Å². The topological polar surface area (TPSA) is 105 Å². The Balaban J connectivity index is 2.03. The lowest BCUT2D eigenvalue weighted by atomic mass is 10.2. The number of amides is 1. The summed E-state index contributed by atoms with van der Waals surface area (Å²) in [6.45, 7) is 0. The van der Waals surface area contributed by atoms with Crippen molar-refractivity contribution in [3.63, 3.8) is 0 Å². The molecule has 1 amide bonds. The van der Waals surface area contributed by atoms with Crippen LogP contribution in [-0.4, -0.2) is 22.2 Å². The Labute approximate surface area is 119 Å². The fourth-order valence-electron chi connectivity index (χ4n) is 1.59. The van der Waals surface area contributed by atoms with E-state index in [2.05, 4.69) is 10.5 Å². The van der Waals surface area contributed by atoms with Gasteiger partial charge in [-0.2, -0.15) is 5.10 Å². The number of rotatable bonds is 4. The average Bonchev–Trinajstić information content (AvgIpc) is 2.47. The van der Waals surface area contributed by atoms with Crippen LogP contribution < -0.4 is 5.43 Å². The summed E-state index contributed by atoms with van der Waals surface area (Å²) in [7, 11) is 0. The van der Waals surface area contributed by atoms with Crippen LogP contribution in [0.4, 0.5) is 5.69 Å². The van der Waals surface area contributed by atoms with Crippen molar-refractivity contribution in [1.82, 2.24) is 5.43 Å². The van der Waals surface area contributed by atoms with Gasteiger partial charge in [0.15, 0.2) is 5.75 Å². The lowest BCUT2D eigenvalue weighted by Crippen LogP contribution is -2.17. The molecule has 7 heteroatoms. The van der Waals surface area contributed by atoms with Crippen molar-refractivity contribution in [2.24, 2.45) is 5.10 Å². The molecule has 2 aromatic rings. The standard InChI is InChI=1S/C14H11N3O4/c18-13-8-10(6-7-12(13)17(20)21)9-15-16-14(19)11-4-2-1-3-5-11/h1-9,18H,(H,16,19)/b15-9-. The smallest absolute Gasteiger partial charge is 0.310 e. The van der Waals surface area contributed by atoms with Crippen LogP contribution in [0.5, 0.6) is 5.75 Å². The minimum absolute atomic E-state index is 0.377. The maximum atomic E-state index is 11.7. The number of phenols is 1. The molecule has 7 nitrogen and oxygen atoms in total. The molecule has 21 heavy (non-hydrogen) atoms. The second-order valence-corrected chi connectivity index (χ2v) is 4.07. The normalized spacial score (nSPS) is 10.5. The second-order valence-electron chi connectivity index (χ2n) is 4.07. The highest BCUT2D eigenvalue weighted by atomic mass is 16.6. The number of benzene rings is 2. The predicted molar refractivity (Wildman–Crippen MR) is 76.3 cm³/mol. The van der Waals surface area contributed by atoms with E-state index in [1.807, 2.05) is 0 Å². The van der Waals surface area contributed by atoms with Gasteiger partial charge in [0.05, 0.1) is 11.1 Å². The van der Waals surface area contributed by atoms with Crippen molar-refractivity contribution in [1.29, 1.82) is 0 Å². The first-order valence-electron chi connectivity index (χ1n) is 5.94. The number of nitro benzene ring substituents is 1. The number of hydrogen-bond acceptors (Lipinski definition) is 5. The van der Waals surface area contributed by atoms with Gasteiger partial charge in [-0.25, -0.2) is 5.43 Å². The van der Waals surface area contributed by atoms with Gasteiger partial charge in [0, 0.05) is 11.6 Å². The summed E-state index contributed by atoms with van der Waals surface area (Å²) in [5.74, 6) is -0.837. The number of nitrogens with one attached hydrogen (secondary N) is 1. The lowest BCUT2D eigenvalue weighted by molar-refractivity contribution is -0.385. The van der Waals surface area contributed by atoms with Gasteiger partial charge in [-0.3, -0.25) is 14.9 Å². The van der Waals surface area contributed by atoms with Crippen LogP contribution in [-0.2, 0) is 0 Å². The summed E-state index contributed by atoms with van der Waals surface area (Å²) in [6, 6.07) is 12.3. The number of carbonyl (C=O) groups is 1. The summed E-state index contributed by atoms with van der Waals surface area (Å²) in [5.41, 5.74) is 2.81. The molecule has 0 aliphatic rings. The number of nitrogens with zero attached hydrogens (tertiary/aromatic N) is 2. The molecule has 0 heterocycles. The van der Waals surface area contributed by atoms with Crippen LogP contribution in [0, 0.1) is 10.1 Å². The molecule has 2 aromatic carbocycles. The fraction of sp³-hybridized carbons (Fsp3) is 0. The molecule has 0 radical (unpaired) electrons.